The first-order valence-corrected chi connectivity index (χ1v) is 13.2. The molecule has 5 aromatic rings. The van der Waals surface area contributed by atoms with Crippen LogP contribution < -0.4 is 5.32 Å². The van der Waals surface area contributed by atoms with Crippen molar-refractivity contribution in [3.05, 3.63) is 95.6 Å². The van der Waals surface area contributed by atoms with Gasteiger partial charge in [-0.05, 0) is 37.5 Å². The average molecular weight is 496 g/mol. The normalized spacial score (nSPS) is 12.2. The van der Waals surface area contributed by atoms with Crippen molar-refractivity contribution in [2.45, 2.75) is 44.4 Å². The highest BCUT2D eigenvalue weighted by Crippen LogP contribution is 2.28. The molecule has 6 nitrogen and oxygen atoms in total. The molecule has 0 fully saturated rings. The summed E-state index contributed by atoms with van der Waals surface area (Å²) in [5.74, 6) is 0.804. The number of hydrogen-bond donors (Lipinski definition) is 1. The van der Waals surface area contributed by atoms with Crippen molar-refractivity contribution in [1.82, 2.24) is 25.1 Å². The number of benzene rings is 3. The van der Waals surface area contributed by atoms with Crippen molar-refractivity contribution in [2.24, 2.45) is 0 Å². The molecule has 36 heavy (non-hydrogen) atoms. The van der Waals surface area contributed by atoms with E-state index in [4.69, 9.17) is 4.98 Å². The van der Waals surface area contributed by atoms with Crippen LogP contribution in [0.3, 0.4) is 0 Å². The van der Waals surface area contributed by atoms with Gasteiger partial charge in [-0.3, -0.25) is 4.79 Å². The molecule has 1 atom stereocenters. The van der Waals surface area contributed by atoms with E-state index in [-0.39, 0.29) is 11.9 Å². The predicted octanol–water partition coefficient (Wildman–Crippen LogP) is 6.09. The molecular weight excluding hydrogens is 466 g/mol. The molecule has 1 N–H and O–H groups in total. The standard InChI is InChI=1S/C29H29N5OS/c1-20-10-8-11-22(18-20)19-34-25-15-7-6-14-24(25)27-28(34)31-29(33-32-27)36-17-9-16-26(35)30-21(2)23-12-4-3-5-13-23/h3-8,10-15,18,21H,9,16-17,19H2,1-2H3,(H,30,35). The van der Waals surface area contributed by atoms with E-state index >= 15 is 0 Å². The van der Waals surface area contributed by atoms with E-state index in [1.54, 1.807) is 11.8 Å². The third kappa shape index (κ3) is 5.41. The number of rotatable bonds is 9. The molecule has 1 unspecified atom stereocenters. The lowest BCUT2D eigenvalue weighted by Gasteiger charge is -2.14. The van der Waals surface area contributed by atoms with Crippen molar-refractivity contribution in [1.29, 1.82) is 0 Å². The zero-order valence-electron chi connectivity index (χ0n) is 20.5. The highest BCUT2D eigenvalue weighted by molar-refractivity contribution is 7.99. The molecule has 0 saturated carbocycles. The van der Waals surface area contributed by atoms with Crippen LogP contribution in [0.25, 0.3) is 22.1 Å². The molecule has 0 bridgehead atoms. The van der Waals surface area contributed by atoms with Crippen LogP contribution in [0.5, 0.6) is 0 Å². The van der Waals surface area contributed by atoms with Crippen molar-refractivity contribution >= 4 is 39.7 Å². The Morgan fingerprint density at radius 3 is 2.64 bits per heavy atom. The number of thioether (sulfide) groups is 1. The summed E-state index contributed by atoms with van der Waals surface area (Å²) in [7, 11) is 0. The fourth-order valence-corrected chi connectivity index (χ4v) is 5.16. The van der Waals surface area contributed by atoms with Gasteiger partial charge in [-0.1, -0.05) is 90.1 Å². The molecule has 5 rings (SSSR count). The summed E-state index contributed by atoms with van der Waals surface area (Å²) in [6, 6.07) is 26.8. The minimum Gasteiger partial charge on any atom is -0.350 e. The zero-order chi connectivity index (χ0) is 24.9. The summed E-state index contributed by atoms with van der Waals surface area (Å²) in [6.45, 7) is 4.83. The molecule has 3 aromatic carbocycles. The van der Waals surface area contributed by atoms with Crippen LogP contribution in [-0.4, -0.2) is 31.4 Å². The van der Waals surface area contributed by atoms with E-state index in [9.17, 15) is 4.79 Å². The Kier molecular flexibility index (Phi) is 7.28. The van der Waals surface area contributed by atoms with Gasteiger partial charge >= 0.3 is 0 Å². The van der Waals surface area contributed by atoms with Crippen LogP contribution >= 0.6 is 11.8 Å². The van der Waals surface area contributed by atoms with Gasteiger partial charge in [-0.15, -0.1) is 10.2 Å². The Morgan fingerprint density at radius 1 is 1.00 bits per heavy atom. The Labute approximate surface area is 215 Å². The maximum absolute atomic E-state index is 12.4. The fourth-order valence-electron chi connectivity index (χ4n) is 4.44. The number of carbonyl (C=O) groups excluding carboxylic acids is 1. The molecule has 0 saturated heterocycles. The van der Waals surface area contributed by atoms with Gasteiger partial charge in [0.2, 0.25) is 11.1 Å². The molecule has 0 aliphatic heterocycles. The van der Waals surface area contributed by atoms with E-state index in [1.807, 2.05) is 49.4 Å². The fraction of sp³-hybridized carbons (Fsp3) is 0.241. The van der Waals surface area contributed by atoms with Crippen LogP contribution in [0.15, 0.2) is 84.0 Å². The topological polar surface area (TPSA) is 72.7 Å². The van der Waals surface area contributed by atoms with Gasteiger partial charge in [0.05, 0.1) is 11.6 Å². The van der Waals surface area contributed by atoms with Crippen LogP contribution in [0, 0.1) is 6.92 Å². The number of nitrogens with one attached hydrogen (secondary N) is 1. The first-order chi connectivity index (χ1) is 17.6. The van der Waals surface area contributed by atoms with Gasteiger partial charge in [-0.25, -0.2) is 4.98 Å². The van der Waals surface area contributed by atoms with E-state index in [0.29, 0.717) is 18.1 Å². The second-order valence-electron chi connectivity index (χ2n) is 9.01. The Balaban J connectivity index is 1.26. The second kappa shape index (κ2) is 10.9. The maximum Gasteiger partial charge on any atom is 0.220 e. The monoisotopic (exact) mass is 495 g/mol. The highest BCUT2D eigenvalue weighted by Gasteiger charge is 2.15. The van der Waals surface area contributed by atoms with Gasteiger partial charge in [0.25, 0.3) is 0 Å². The number of amides is 1. The average Bonchev–Trinajstić information content (AvgIpc) is 3.20. The number of carbonyl (C=O) groups is 1. The third-order valence-corrected chi connectivity index (χ3v) is 7.16. The van der Waals surface area contributed by atoms with Gasteiger partial charge in [0, 0.05) is 24.1 Å². The Hall–Kier alpha value is -3.71. The molecule has 0 aliphatic carbocycles. The van der Waals surface area contributed by atoms with Crippen molar-refractivity contribution in [3.63, 3.8) is 0 Å². The van der Waals surface area contributed by atoms with Gasteiger partial charge < -0.3 is 9.88 Å². The van der Waals surface area contributed by atoms with Crippen molar-refractivity contribution in [3.8, 4) is 0 Å². The molecule has 0 radical (unpaired) electrons. The summed E-state index contributed by atoms with van der Waals surface area (Å²) in [5, 5.41) is 13.7. The second-order valence-corrected chi connectivity index (χ2v) is 10.1. The molecule has 7 heteroatoms. The summed E-state index contributed by atoms with van der Waals surface area (Å²) in [5.41, 5.74) is 6.32. The first kappa shape index (κ1) is 24.0. The van der Waals surface area contributed by atoms with Crippen LogP contribution in [-0.2, 0) is 11.3 Å². The van der Waals surface area contributed by atoms with E-state index < -0.39 is 0 Å². The van der Waals surface area contributed by atoms with Crippen LogP contribution in [0.1, 0.15) is 42.5 Å². The van der Waals surface area contributed by atoms with Crippen molar-refractivity contribution in [2.75, 3.05) is 5.75 Å². The number of hydrogen-bond acceptors (Lipinski definition) is 5. The summed E-state index contributed by atoms with van der Waals surface area (Å²) >= 11 is 1.54. The molecule has 2 heterocycles. The minimum absolute atomic E-state index is 0.00313. The largest absolute Gasteiger partial charge is 0.350 e. The molecule has 2 aromatic heterocycles. The third-order valence-electron chi connectivity index (χ3n) is 6.23. The summed E-state index contributed by atoms with van der Waals surface area (Å²) in [6.07, 6.45) is 1.21. The van der Waals surface area contributed by atoms with Crippen LogP contribution in [0.2, 0.25) is 0 Å². The maximum atomic E-state index is 12.4. The van der Waals surface area contributed by atoms with Gasteiger partial charge in [0.15, 0.2) is 5.65 Å². The van der Waals surface area contributed by atoms with Gasteiger partial charge in [-0.2, -0.15) is 0 Å². The van der Waals surface area contributed by atoms with E-state index in [2.05, 4.69) is 63.4 Å². The lowest BCUT2D eigenvalue weighted by molar-refractivity contribution is -0.121. The molecule has 1 amide bonds. The highest BCUT2D eigenvalue weighted by atomic mass is 32.2. The van der Waals surface area contributed by atoms with E-state index in [0.717, 1.165) is 39.8 Å². The quantitative estimate of drug-likeness (QED) is 0.198. The lowest BCUT2D eigenvalue weighted by atomic mass is 10.1. The van der Waals surface area contributed by atoms with Crippen LogP contribution in [0.4, 0.5) is 0 Å². The smallest absolute Gasteiger partial charge is 0.220 e. The summed E-state index contributed by atoms with van der Waals surface area (Å²) < 4.78 is 2.22. The summed E-state index contributed by atoms with van der Waals surface area (Å²) in [4.78, 5) is 17.3. The van der Waals surface area contributed by atoms with Gasteiger partial charge in [0.1, 0.15) is 5.52 Å². The predicted molar refractivity (Wildman–Crippen MR) is 146 cm³/mol. The Bertz CT molecular complexity index is 1500. The molecular formula is C29H29N5OS. The SMILES string of the molecule is Cc1cccc(Cn2c3ccccc3c3nnc(SCCCC(=O)NC(C)c4ccccc4)nc32)c1. The minimum atomic E-state index is -0.00313. The number of para-hydroxylation sites is 1. The first-order valence-electron chi connectivity index (χ1n) is 12.2. The lowest BCUT2D eigenvalue weighted by Crippen LogP contribution is -2.26. The zero-order valence-corrected chi connectivity index (χ0v) is 21.3. The number of nitrogens with zero attached hydrogens (tertiary/aromatic N) is 4. The number of fused-ring (bicyclic) bond motifs is 3. The number of aromatic nitrogens is 4. The number of aryl methyl sites for hydroxylation is 1. The molecule has 0 spiro atoms. The molecule has 0 aliphatic rings. The van der Waals surface area contributed by atoms with E-state index in [1.165, 1.54) is 11.1 Å². The molecule has 182 valence electrons. The van der Waals surface area contributed by atoms with Crippen molar-refractivity contribution < 1.29 is 4.79 Å². The Morgan fingerprint density at radius 2 is 1.81 bits per heavy atom.